The number of amides is 1. The van der Waals surface area contributed by atoms with Gasteiger partial charge in [0.2, 0.25) is 0 Å². The van der Waals surface area contributed by atoms with Crippen molar-refractivity contribution in [3.05, 3.63) is 58.2 Å². The highest BCUT2D eigenvalue weighted by atomic mass is 35.5. The van der Waals surface area contributed by atoms with Crippen molar-refractivity contribution in [1.82, 2.24) is 10.3 Å². The van der Waals surface area contributed by atoms with Gasteiger partial charge in [0.05, 0.1) is 0 Å². The second kappa shape index (κ2) is 6.36. The molecule has 0 unspecified atom stereocenters. The number of nitrogens with one attached hydrogen (secondary N) is 2. The third-order valence-corrected chi connectivity index (χ3v) is 3.13. The number of hydrogen-bond donors (Lipinski definition) is 3. The second-order valence-electron chi connectivity index (χ2n) is 4.30. The molecular formula is C14H15ClN4O. The summed E-state index contributed by atoms with van der Waals surface area (Å²) in [6.45, 7) is 2.16. The molecule has 0 radical (unpaired) electrons. The first-order chi connectivity index (χ1) is 9.60. The number of carbonyl (C=O) groups is 1. The molecule has 0 fully saturated rings. The van der Waals surface area contributed by atoms with Crippen LogP contribution < -0.4 is 16.6 Å². The van der Waals surface area contributed by atoms with Gasteiger partial charge in [0.25, 0.3) is 5.91 Å². The summed E-state index contributed by atoms with van der Waals surface area (Å²) in [6.07, 6.45) is 0. The standard InChI is InChI=1S/C14H15ClN4O/c1-9-6-11(7-13(18-9)19-16)14(20)17-8-10-4-2-3-5-12(10)15/h2-7H,8,16H2,1H3,(H,17,20)(H,18,19). The number of nitrogens with zero attached hydrogens (tertiary/aromatic N) is 1. The van der Waals surface area contributed by atoms with Gasteiger partial charge in [0.15, 0.2) is 0 Å². The number of aryl methyl sites for hydroxylation is 1. The number of hydrogen-bond acceptors (Lipinski definition) is 4. The molecule has 2 rings (SSSR count). The van der Waals surface area contributed by atoms with Gasteiger partial charge in [-0.05, 0) is 30.7 Å². The molecule has 0 spiro atoms. The largest absolute Gasteiger partial charge is 0.348 e. The maximum Gasteiger partial charge on any atom is 0.251 e. The Balaban J connectivity index is 2.09. The average Bonchev–Trinajstić information content (AvgIpc) is 2.45. The summed E-state index contributed by atoms with van der Waals surface area (Å²) in [5, 5.41) is 3.44. The van der Waals surface area contributed by atoms with E-state index in [4.69, 9.17) is 17.4 Å². The van der Waals surface area contributed by atoms with Gasteiger partial charge < -0.3 is 10.7 Å². The minimum atomic E-state index is -0.202. The molecule has 1 heterocycles. The first-order valence-electron chi connectivity index (χ1n) is 6.07. The second-order valence-corrected chi connectivity index (χ2v) is 4.71. The lowest BCUT2D eigenvalue weighted by Crippen LogP contribution is -2.23. The number of benzene rings is 1. The molecule has 0 saturated heterocycles. The van der Waals surface area contributed by atoms with Crippen LogP contribution in [0.5, 0.6) is 0 Å². The third kappa shape index (κ3) is 3.46. The van der Waals surface area contributed by atoms with E-state index in [-0.39, 0.29) is 5.91 Å². The first-order valence-corrected chi connectivity index (χ1v) is 6.45. The van der Waals surface area contributed by atoms with Crippen molar-refractivity contribution in [3.8, 4) is 0 Å². The summed E-state index contributed by atoms with van der Waals surface area (Å²) in [6, 6.07) is 10.7. The van der Waals surface area contributed by atoms with Crippen LogP contribution in [0.3, 0.4) is 0 Å². The molecule has 5 nitrogen and oxygen atoms in total. The van der Waals surface area contributed by atoms with E-state index in [9.17, 15) is 4.79 Å². The van der Waals surface area contributed by atoms with Crippen molar-refractivity contribution in [1.29, 1.82) is 0 Å². The molecule has 1 aromatic carbocycles. The maximum absolute atomic E-state index is 12.1. The van der Waals surface area contributed by atoms with E-state index in [0.29, 0.717) is 28.6 Å². The van der Waals surface area contributed by atoms with Gasteiger partial charge in [-0.1, -0.05) is 29.8 Å². The monoisotopic (exact) mass is 290 g/mol. The lowest BCUT2D eigenvalue weighted by Gasteiger charge is -2.08. The molecule has 0 aliphatic rings. The molecule has 0 aliphatic carbocycles. The highest BCUT2D eigenvalue weighted by molar-refractivity contribution is 6.31. The molecule has 0 aliphatic heterocycles. The molecule has 0 saturated carbocycles. The van der Waals surface area contributed by atoms with Crippen LogP contribution in [-0.2, 0) is 6.54 Å². The Morgan fingerprint density at radius 3 is 2.80 bits per heavy atom. The van der Waals surface area contributed by atoms with Crippen molar-refractivity contribution in [2.24, 2.45) is 5.84 Å². The minimum Gasteiger partial charge on any atom is -0.348 e. The minimum absolute atomic E-state index is 0.202. The topological polar surface area (TPSA) is 80.0 Å². The third-order valence-electron chi connectivity index (χ3n) is 2.76. The molecule has 1 aromatic heterocycles. The Labute approximate surface area is 122 Å². The first kappa shape index (κ1) is 14.3. The van der Waals surface area contributed by atoms with E-state index >= 15 is 0 Å². The van der Waals surface area contributed by atoms with Crippen LogP contribution in [0, 0.1) is 6.92 Å². The van der Waals surface area contributed by atoms with E-state index < -0.39 is 0 Å². The van der Waals surface area contributed by atoms with Crippen LogP contribution >= 0.6 is 11.6 Å². The Morgan fingerprint density at radius 1 is 1.35 bits per heavy atom. The fourth-order valence-electron chi connectivity index (χ4n) is 1.79. The number of hydrazine groups is 1. The van der Waals surface area contributed by atoms with Gasteiger partial charge in [-0.3, -0.25) is 4.79 Å². The number of carbonyl (C=O) groups excluding carboxylic acids is 1. The van der Waals surface area contributed by atoms with Crippen LogP contribution in [0.25, 0.3) is 0 Å². The van der Waals surface area contributed by atoms with Crippen molar-refractivity contribution in [3.63, 3.8) is 0 Å². The summed E-state index contributed by atoms with van der Waals surface area (Å²) >= 11 is 6.04. The maximum atomic E-state index is 12.1. The number of nitrogen functional groups attached to an aromatic ring is 1. The lowest BCUT2D eigenvalue weighted by molar-refractivity contribution is 0.0951. The van der Waals surface area contributed by atoms with Crippen LogP contribution in [0.4, 0.5) is 5.82 Å². The average molecular weight is 291 g/mol. The Morgan fingerprint density at radius 2 is 2.10 bits per heavy atom. The fourth-order valence-corrected chi connectivity index (χ4v) is 2.00. The predicted octanol–water partition coefficient (Wildman–Crippen LogP) is 2.26. The summed E-state index contributed by atoms with van der Waals surface area (Å²) < 4.78 is 0. The van der Waals surface area contributed by atoms with Crippen molar-refractivity contribution >= 4 is 23.3 Å². The van der Waals surface area contributed by atoms with E-state index in [1.165, 1.54) is 0 Å². The molecule has 20 heavy (non-hydrogen) atoms. The zero-order valence-corrected chi connectivity index (χ0v) is 11.7. The van der Waals surface area contributed by atoms with Crippen LogP contribution in [0.1, 0.15) is 21.6 Å². The zero-order valence-electron chi connectivity index (χ0n) is 11.0. The summed E-state index contributed by atoms with van der Waals surface area (Å²) in [5.74, 6) is 5.56. The number of aromatic nitrogens is 1. The highest BCUT2D eigenvalue weighted by Gasteiger charge is 2.09. The number of pyridine rings is 1. The Bertz CT molecular complexity index is 630. The fraction of sp³-hybridized carbons (Fsp3) is 0.143. The smallest absolute Gasteiger partial charge is 0.251 e. The van der Waals surface area contributed by atoms with Crippen LogP contribution in [-0.4, -0.2) is 10.9 Å². The number of nitrogens with two attached hydrogens (primary N) is 1. The van der Waals surface area contributed by atoms with Crippen LogP contribution in [0.15, 0.2) is 36.4 Å². The van der Waals surface area contributed by atoms with Gasteiger partial charge >= 0.3 is 0 Å². The van der Waals surface area contributed by atoms with E-state index in [0.717, 1.165) is 5.56 Å². The Hall–Kier alpha value is -2.11. The molecule has 1 amide bonds. The van der Waals surface area contributed by atoms with Crippen molar-refractivity contribution in [2.75, 3.05) is 5.43 Å². The molecule has 4 N–H and O–H groups in total. The molecule has 0 atom stereocenters. The highest BCUT2D eigenvalue weighted by Crippen LogP contribution is 2.15. The summed E-state index contributed by atoms with van der Waals surface area (Å²) in [5.41, 5.74) is 4.51. The van der Waals surface area contributed by atoms with Gasteiger partial charge in [0, 0.05) is 22.8 Å². The quantitative estimate of drug-likeness (QED) is 0.596. The van der Waals surface area contributed by atoms with E-state index in [1.54, 1.807) is 25.1 Å². The number of anilines is 1. The molecule has 6 heteroatoms. The normalized spacial score (nSPS) is 10.2. The van der Waals surface area contributed by atoms with Crippen LogP contribution in [0.2, 0.25) is 5.02 Å². The van der Waals surface area contributed by atoms with Gasteiger partial charge in [-0.2, -0.15) is 0 Å². The van der Waals surface area contributed by atoms with Gasteiger partial charge in [0.1, 0.15) is 5.82 Å². The number of halogens is 1. The lowest BCUT2D eigenvalue weighted by atomic mass is 10.2. The predicted molar refractivity (Wildman–Crippen MR) is 79.4 cm³/mol. The van der Waals surface area contributed by atoms with Gasteiger partial charge in [-0.25, -0.2) is 10.8 Å². The van der Waals surface area contributed by atoms with E-state index in [1.807, 2.05) is 18.2 Å². The zero-order chi connectivity index (χ0) is 14.5. The number of rotatable bonds is 4. The van der Waals surface area contributed by atoms with E-state index in [2.05, 4.69) is 15.7 Å². The van der Waals surface area contributed by atoms with Gasteiger partial charge in [-0.15, -0.1) is 0 Å². The molecule has 104 valence electrons. The summed E-state index contributed by atoms with van der Waals surface area (Å²) in [7, 11) is 0. The summed E-state index contributed by atoms with van der Waals surface area (Å²) in [4.78, 5) is 16.2. The SMILES string of the molecule is Cc1cc(C(=O)NCc2ccccc2Cl)cc(NN)n1. The van der Waals surface area contributed by atoms with Crippen molar-refractivity contribution < 1.29 is 4.79 Å². The molecule has 2 aromatic rings. The molecular weight excluding hydrogens is 276 g/mol. The molecule has 0 bridgehead atoms. The van der Waals surface area contributed by atoms with Crippen molar-refractivity contribution in [2.45, 2.75) is 13.5 Å². The Kier molecular flexibility index (Phi) is 4.55.